The number of unbranched alkanes of at least 4 members (excludes halogenated alkanes) is 1. The van der Waals surface area contributed by atoms with E-state index in [1.807, 2.05) is 26.0 Å². The fourth-order valence-electron chi connectivity index (χ4n) is 15.3. The molecule has 0 bridgehead atoms. The van der Waals surface area contributed by atoms with Gasteiger partial charge in [0.15, 0.2) is 0 Å². The maximum atomic E-state index is 15.1. The summed E-state index contributed by atoms with van der Waals surface area (Å²) in [5.41, 5.74) is 15.2. The molecule has 672 valence electrons. The van der Waals surface area contributed by atoms with Crippen molar-refractivity contribution in [1.82, 2.24) is 78.3 Å². The van der Waals surface area contributed by atoms with Crippen LogP contribution >= 0.6 is 0 Å². The lowest BCUT2D eigenvalue weighted by Gasteiger charge is -2.31. The highest BCUT2D eigenvalue weighted by Crippen LogP contribution is 2.27. The van der Waals surface area contributed by atoms with E-state index in [4.69, 9.17) is 11.5 Å². The van der Waals surface area contributed by atoms with Gasteiger partial charge in [0.05, 0.1) is 18.6 Å². The lowest BCUT2D eigenvalue weighted by molar-refractivity contribution is -0.146. The molecule has 14 atom stereocenters. The average molecular weight is 1720 g/mol. The second kappa shape index (κ2) is 46.1. The smallest absolute Gasteiger partial charge is 0.322 e. The normalized spacial score (nSPS) is 16.8. The van der Waals surface area contributed by atoms with Crippen LogP contribution in [0.2, 0.25) is 0 Å². The molecule has 37 nitrogen and oxygen atoms in total. The number of carboxylic acids is 2. The summed E-state index contributed by atoms with van der Waals surface area (Å²) in [6.45, 7) is 12.8. The van der Waals surface area contributed by atoms with E-state index in [1.54, 1.807) is 76.5 Å². The Hall–Kier alpha value is -12.5. The molecule has 0 aliphatic carbocycles. The Morgan fingerprint density at radius 3 is 1.25 bits per heavy atom. The van der Waals surface area contributed by atoms with Crippen molar-refractivity contribution in [2.45, 2.75) is 236 Å². The topological polar surface area (TPSA) is 580 Å². The van der Waals surface area contributed by atoms with Crippen molar-refractivity contribution in [3.05, 3.63) is 132 Å². The first-order chi connectivity index (χ1) is 58.9. The highest BCUT2D eigenvalue weighted by molar-refractivity contribution is 6.02. The Bertz CT molecular complexity index is 4740. The van der Waals surface area contributed by atoms with E-state index in [1.165, 1.54) is 67.3 Å². The first-order valence-electron chi connectivity index (χ1n) is 42.0. The zero-order valence-electron chi connectivity index (χ0n) is 71.1. The molecule has 13 amide bonds. The number of nitrogens with two attached hydrogens (primary N) is 2. The Labute approximate surface area is 718 Å². The van der Waals surface area contributed by atoms with Crippen LogP contribution in [0.5, 0.6) is 11.5 Å². The molecule has 124 heavy (non-hydrogen) atoms. The molecule has 4 heterocycles. The van der Waals surface area contributed by atoms with E-state index < -0.39 is 186 Å². The van der Waals surface area contributed by atoms with E-state index >= 15 is 4.79 Å². The van der Waals surface area contributed by atoms with Gasteiger partial charge in [-0.05, 0) is 161 Å². The van der Waals surface area contributed by atoms with Crippen molar-refractivity contribution < 1.29 is 97.5 Å². The number of phenols is 2. The second-order valence-electron chi connectivity index (χ2n) is 33.2. The third kappa shape index (κ3) is 28.3. The summed E-state index contributed by atoms with van der Waals surface area (Å²) in [6, 6.07) is 6.87. The van der Waals surface area contributed by atoms with Gasteiger partial charge in [0.2, 0.25) is 76.8 Å². The number of phenolic OH excluding ortho intramolecular Hbond substituents is 2. The number of benzene rings is 4. The number of carbonyl (C=O) groups is 15. The molecule has 2 aromatic heterocycles. The van der Waals surface area contributed by atoms with Crippen molar-refractivity contribution in [1.29, 1.82) is 0 Å². The highest BCUT2D eigenvalue weighted by Gasteiger charge is 2.44. The largest absolute Gasteiger partial charge is 0.508 e. The molecule has 6 aromatic rings. The summed E-state index contributed by atoms with van der Waals surface area (Å²) in [5, 5.41) is 81.8. The second-order valence-corrected chi connectivity index (χ2v) is 33.2. The molecule has 4 aromatic carbocycles. The maximum Gasteiger partial charge on any atom is 0.322 e. The number of aromatic nitrogens is 2. The molecule has 0 radical (unpaired) electrons. The Balaban J connectivity index is 0.986. The third-order valence-electron chi connectivity index (χ3n) is 21.6. The first kappa shape index (κ1) is 96.9. The summed E-state index contributed by atoms with van der Waals surface area (Å²) < 4.78 is 0. The van der Waals surface area contributed by atoms with Crippen LogP contribution in [0, 0.1) is 17.8 Å². The van der Waals surface area contributed by atoms with Crippen LogP contribution in [0.25, 0.3) is 21.8 Å². The molecule has 0 saturated carbocycles. The lowest BCUT2D eigenvalue weighted by Crippen LogP contribution is -2.62. The number of aliphatic hydroxyl groups is 1. The van der Waals surface area contributed by atoms with E-state index in [9.17, 15) is 92.7 Å². The standard InChI is InChI=1S/C87H119N17O20/c1-46(2)35-62(77(114)97-67(41-54-44-91-60-20-12-10-18-58(54)60)81(118)100-68(37-48(5)6)86(123)103-33-15-22-70(103)83(120)92-45-73(110)111)95-76(113)61(21-13-14-32-88)93-85(122)74(50(8)105)102-82(119)63(36-47(3)4)99-84(121)71-23-16-34-104(71)87(124)69(42-72(108)109)101-79(116)65(39-52-26-30-56(107)31-27-52)96-80(117)66(40-53-43-90-59-19-11-9-17-57(53)59)98-78(115)64(94-75(112)49(7)89)38-51-24-28-55(106)29-25-51/h9-12,17-20,24-31,43-44,46-50,61-71,74,90-91,105-107H,13-16,21-23,32-42,45,88-89H2,1-8H3,(H,92,120)(H,93,122)(H,94,112)(H,95,113)(H,96,117)(H,97,114)(H,98,115)(H,99,121)(H,100,118)(H,101,116)(H,102,119)(H,108,109)(H,110,111)/t49-,50+,61-,62-,63-,64-,65-,66-,67-,68-,69-,70-,71-,74-/m0/s1. The lowest BCUT2D eigenvalue weighted by atomic mass is 9.98. The molecule has 2 fully saturated rings. The van der Waals surface area contributed by atoms with Gasteiger partial charge in [-0.25, -0.2) is 0 Å². The van der Waals surface area contributed by atoms with Gasteiger partial charge in [-0.3, -0.25) is 71.9 Å². The number of carboxylic acid groups (broad SMARTS) is 2. The SMILES string of the molecule is CC(C)C[C@H](NC(=O)[C@H](CCCCN)NC(=O)[C@@H](NC(=O)[C@H](CC(C)C)NC(=O)[C@@H]1CCCN1C(=O)[C@H](CC(=O)O)NC(=O)[C@H](Cc1ccc(O)cc1)NC(=O)[C@H](Cc1c[nH]c2ccccc12)NC(=O)[C@H](Cc1ccc(O)cc1)NC(=O)[C@H](C)N)[C@@H](C)O)C(=O)N[C@@H](Cc1c[nH]c2ccccc12)C(=O)N[C@@H](CC(C)C)C(=O)N1CCC[C@H]1C(=O)NCC(=O)O. The van der Waals surface area contributed by atoms with Crippen LogP contribution in [-0.4, -0.2) is 245 Å². The predicted molar refractivity (Wildman–Crippen MR) is 456 cm³/mol. The van der Waals surface area contributed by atoms with Gasteiger partial charge < -0.3 is 115 Å². The summed E-state index contributed by atoms with van der Waals surface area (Å²) in [7, 11) is 0. The minimum atomic E-state index is -1.93. The fourth-order valence-corrected chi connectivity index (χ4v) is 15.3. The molecule has 37 heteroatoms. The minimum absolute atomic E-state index is 0.0163. The van der Waals surface area contributed by atoms with Crippen LogP contribution < -0.4 is 70.0 Å². The number of amides is 13. The maximum absolute atomic E-state index is 15.1. The van der Waals surface area contributed by atoms with Crippen molar-refractivity contribution in [2.24, 2.45) is 29.2 Å². The molecule has 22 N–H and O–H groups in total. The number of likely N-dealkylation sites (tertiary alicyclic amines) is 2. The number of hydrogen-bond donors (Lipinski definition) is 20. The number of fused-ring (bicyclic) bond motifs is 2. The van der Waals surface area contributed by atoms with Crippen molar-refractivity contribution >= 4 is 111 Å². The average Bonchev–Trinajstić information content (AvgIpc) is 1.64. The van der Waals surface area contributed by atoms with E-state index in [2.05, 4.69) is 68.5 Å². The Morgan fingerprint density at radius 1 is 0.427 bits per heavy atom. The number of carbonyl (C=O) groups excluding carboxylic acids is 13. The Kier molecular flexibility index (Phi) is 36.0. The zero-order chi connectivity index (χ0) is 90.8. The first-order valence-corrected chi connectivity index (χ1v) is 42.0. The molecular weight excluding hydrogens is 1600 g/mol. The number of aromatic hydroxyl groups is 2. The minimum Gasteiger partial charge on any atom is -0.508 e. The van der Waals surface area contributed by atoms with Crippen LogP contribution in [-0.2, 0) is 97.6 Å². The van der Waals surface area contributed by atoms with Gasteiger partial charge in [0.25, 0.3) is 0 Å². The molecular formula is C87H119N17O20. The number of aliphatic hydroxyl groups excluding tert-OH is 1. The van der Waals surface area contributed by atoms with Gasteiger partial charge in [-0.15, -0.1) is 0 Å². The van der Waals surface area contributed by atoms with Crippen LogP contribution in [0.3, 0.4) is 0 Å². The highest BCUT2D eigenvalue weighted by atomic mass is 16.4. The van der Waals surface area contributed by atoms with Crippen LogP contribution in [0.1, 0.15) is 148 Å². The van der Waals surface area contributed by atoms with Gasteiger partial charge in [0.1, 0.15) is 90.5 Å². The number of nitrogens with one attached hydrogen (secondary N) is 13. The van der Waals surface area contributed by atoms with Gasteiger partial charge >= 0.3 is 11.9 Å². The number of hydrogen-bond acceptors (Lipinski definition) is 20. The van der Waals surface area contributed by atoms with Crippen LogP contribution in [0.4, 0.5) is 0 Å². The zero-order valence-corrected chi connectivity index (χ0v) is 71.1. The van der Waals surface area contributed by atoms with Crippen molar-refractivity contribution in [2.75, 3.05) is 26.2 Å². The van der Waals surface area contributed by atoms with Crippen molar-refractivity contribution in [3.63, 3.8) is 0 Å². The summed E-state index contributed by atoms with van der Waals surface area (Å²) >= 11 is 0. The van der Waals surface area contributed by atoms with E-state index in [0.717, 1.165) is 10.3 Å². The fraction of sp³-hybridized carbons (Fsp3) is 0.506. The summed E-state index contributed by atoms with van der Waals surface area (Å²) in [6.07, 6.45) is 1.01. The quantitative estimate of drug-likeness (QED) is 0.0235. The number of rotatable bonds is 46. The number of aliphatic carboxylic acids is 2. The van der Waals surface area contributed by atoms with Gasteiger partial charge in [-0.2, -0.15) is 0 Å². The predicted octanol–water partition coefficient (Wildman–Crippen LogP) is 0.832. The molecule has 8 rings (SSSR count). The number of H-pyrrole nitrogens is 2. The summed E-state index contributed by atoms with van der Waals surface area (Å²) in [5.74, 6) is -15.3. The van der Waals surface area contributed by atoms with Gasteiger partial charge in [-0.1, -0.05) is 102 Å². The van der Waals surface area contributed by atoms with Crippen molar-refractivity contribution in [3.8, 4) is 11.5 Å². The van der Waals surface area contributed by atoms with E-state index in [-0.39, 0.29) is 126 Å². The molecule has 2 saturated heterocycles. The number of nitrogens with zero attached hydrogens (tertiary/aromatic N) is 2. The molecule has 0 spiro atoms. The van der Waals surface area contributed by atoms with E-state index in [0.29, 0.717) is 51.5 Å². The molecule has 2 aliphatic rings. The molecule has 0 unspecified atom stereocenters. The summed E-state index contributed by atoms with van der Waals surface area (Å²) in [4.78, 5) is 222. The van der Waals surface area contributed by atoms with Crippen LogP contribution in [0.15, 0.2) is 109 Å². The van der Waals surface area contributed by atoms with Gasteiger partial charge in [0, 0.05) is 73.0 Å². The third-order valence-corrected chi connectivity index (χ3v) is 21.6. The number of para-hydroxylation sites is 2. The monoisotopic (exact) mass is 1720 g/mol. The molecule has 2 aliphatic heterocycles. The number of aromatic amines is 2. The Morgan fingerprint density at radius 2 is 0.806 bits per heavy atom.